The highest BCUT2D eigenvalue weighted by Crippen LogP contribution is 2.69. The zero-order chi connectivity index (χ0) is 25.1. The summed E-state index contributed by atoms with van der Waals surface area (Å²) in [7, 11) is 0. The average molecular weight is 500 g/mol. The van der Waals surface area contributed by atoms with Crippen LogP contribution in [0.25, 0.3) is 0 Å². The number of ketones is 1. The second-order valence-electron chi connectivity index (χ2n) is 8.95. The van der Waals surface area contributed by atoms with Crippen LogP contribution in [-0.4, -0.2) is 41.5 Å². The zero-order valence-electron chi connectivity index (χ0n) is 17.8. The first-order valence-corrected chi connectivity index (χ1v) is 10.4. The number of aromatic nitrogens is 1. The molecule has 186 valence electrons. The van der Waals surface area contributed by atoms with Crippen molar-refractivity contribution in [2.24, 2.45) is 5.41 Å². The van der Waals surface area contributed by atoms with E-state index in [0.29, 0.717) is 19.3 Å². The number of hydrogen-bond acceptors (Lipinski definition) is 7. The van der Waals surface area contributed by atoms with E-state index in [-0.39, 0.29) is 47.2 Å². The summed E-state index contributed by atoms with van der Waals surface area (Å²) in [6.07, 6.45) is -5.86. The van der Waals surface area contributed by atoms with Crippen molar-refractivity contribution in [3.05, 3.63) is 42.2 Å². The van der Waals surface area contributed by atoms with E-state index < -0.39 is 29.9 Å². The largest absolute Gasteiger partial charge is 0.586 e. The van der Waals surface area contributed by atoms with E-state index in [1.807, 2.05) is 0 Å². The average Bonchev–Trinajstić information content (AvgIpc) is 3.02. The van der Waals surface area contributed by atoms with Crippen molar-refractivity contribution in [2.45, 2.75) is 43.9 Å². The third-order valence-corrected chi connectivity index (χ3v) is 6.08. The molecule has 6 rings (SSSR count). The van der Waals surface area contributed by atoms with Crippen LogP contribution in [0.15, 0.2) is 36.5 Å². The Morgan fingerprint density at radius 1 is 1.03 bits per heavy atom. The molecule has 8 nitrogen and oxygen atoms in total. The standard InChI is InChI=1S/C22H17F5N2O6/c23-21(24,25)33-13-1-3-14(28-7-13)15(30)6-19-9-20(10-19,11-19)29-18(31)8-32-12-2-4-16-17(5-12)35-22(26,27)34-16/h1-5,7H,6,8-11H2,(H,29,31). The van der Waals surface area contributed by atoms with Crippen LogP contribution in [0.2, 0.25) is 0 Å². The van der Waals surface area contributed by atoms with Crippen molar-refractivity contribution in [1.29, 1.82) is 0 Å². The van der Waals surface area contributed by atoms with Gasteiger partial charge >= 0.3 is 12.7 Å². The molecule has 0 atom stereocenters. The van der Waals surface area contributed by atoms with Crippen molar-refractivity contribution < 1.29 is 50.5 Å². The van der Waals surface area contributed by atoms with Gasteiger partial charge in [0, 0.05) is 18.0 Å². The van der Waals surface area contributed by atoms with E-state index in [0.717, 1.165) is 12.3 Å². The molecule has 1 aliphatic heterocycles. The monoisotopic (exact) mass is 500 g/mol. The number of pyridine rings is 1. The maximum atomic E-state index is 13.1. The lowest BCUT2D eigenvalue weighted by Crippen LogP contribution is -2.75. The summed E-state index contributed by atoms with van der Waals surface area (Å²) in [5, 5.41) is 2.87. The van der Waals surface area contributed by atoms with E-state index >= 15 is 0 Å². The Labute approximate surface area is 194 Å². The first-order chi connectivity index (χ1) is 16.3. The molecule has 0 radical (unpaired) electrons. The zero-order valence-corrected chi connectivity index (χ0v) is 17.8. The molecule has 1 N–H and O–H groups in total. The Balaban J connectivity index is 1.07. The number of alkyl halides is 5. The van der Waals surface area contributed by atoms with E-state index in [1.165, 1.54) is 24.3 Å². The summed E-state index contributed by atoms with van der Waals surface area (Å²) in [6, 6.07) is 6.02. The highest BCUT2D eigenvalue weighted by molar-refractivity contribution is 5.95. The van der Waals surface area contributed by atoms with Gasteiger partial charge in [-0.1, -0.05) is 0 Å². The molecule has 13 heteroatoms. The van der Waals surface area contributed by atoms with Gasteiger partial charge in [-0.15, -0.1) is 22.0 Å². The van der Waals surface area contributed by atoms with Crippen molar-refractivity contribution in [3.63, 3.8) is 0 Å². The van der Waals surface area contributed by atoms with Crippen molar-refractivity contribution in [2.75, 3.05) is 6.61 Å². The summed E-state index contributed by atoms with van der Waals surface area (Å²) in [5.74, 6) is -1.41. The topological polar surface area (TPSA) is 96.0 Å². The molecule has 3 saturated carbocycles. The summed E-state index contributed by atoms with van der Waals surface area (Å²) < 4.78 is 80.5. The number of rotatable bonds is 8. The summed E-state index contributed by atoms with van der Waals surface area (Å²) in [6.45, 7) is -0.347. The molecule has 0 saturated heterocycles. The first-order valence-electron chi connectivity index (χ1n) is 10.4. The molecule has 2 heterocycles. The minimum atomic E-state index is -4.84. The van der Waals surface area contributed by atoms with Crippen LogP contribution >= 0.6 is 0 Å². The van der Waals surface area contributed by atoms with Gasteiger partial charge in [0.2, 0.25) is 0 Å². The van der Waals surface area contributed by atoms with E-state index in [9.17, 15) is 31.5 Å². The van der Waals surface area contributed by atoms with E-state index in [1.54, 1.807) is 0 Å². The Hall–Kier alpha value is -3.64. The fourth-order valence-corrected chi connectivity index (χ4v) is 4.99. The molecule has 2 aromatic rings. The van der Waals surface area contributed by atoms with Gasteiger partial charge in [-0.3, -0.25) is 9.59 Å². The molecule has 1 aromatic heterocycles. The first kappa shape index (κ1) is 23.1. The molecule has 0 unspecified atom stereocenters. The van der Waals surface area contributed by atoms with Crippen molar-refractivity contribution in [3.8, 4) is 23.0 Å². The van der Waals surface area contributed by atoms with Gasteiger partial charge in [0.1, 0.15) is 17.2 Å². The molecule has 4 aliphatic rings. The minimum absolute atomic E-state index is 0.0391. The second-order valence-corrected chi connectivity index (χ2v) is 8.95. The van der Waals surface area contributed by atoms with Crippen LogP contribution in [0, 0.1) is 5.41 Å². The quantitative estimate of drug-likeness (QED) is 0.433. The third-order valence-electron chi connectivity index (χ3n) is 6.08. The fraction of sp³-hybridized carbons (Fsp3) is 0.409. The predicted molar refractivity (Wildman–Crippen MR) is 105 cm³/mol. The SMILES string of the molecule is O=C(COc1ccc2c(c1)OC(F)(F)O2)NC12CC(CC(=O)c3ccc(OC(F)(F)F)cn3)(C1)C2. The lowest BCUT2D eigenvalue weighted by molar-refractivity contribution is -0.286. The van der Waals surface area contributed by atoms with Gasteiger partial charge in [-0.05, 0) is 48.9 Å². The number of ether oxygens (including phenoxy) is 4. The number of nitrogens with zero attached hydrogens (tertiary/aromatic N) is 1. The smallest absolute Gasteiger partial charge is 0.484 e. The van der Waals surface area contributed by atoms with Crippen LogP contribution in [0.1, 0.15) is 36.2 Å². The third kappa shape index (κ3) is 4.80. The number of nitrogens with one attached hydrogen (secondary N) is 1. The molecular formula is C22H17F5N2O6. The molecule has 3 fully saturated rings. The normalized spacial score (nSPS) is 25.2. The van der Waals surface area contributed by atoms with Crippen LogP contribution < -0.4 is 24.3 Å². The Morgan fingerprint density at radius 2 is 1.71 bits per heavy atom. The number of carbonyl (C=O) groups is 2. The van der Waals surface area contributed by atoms with Crippen LogP contribution in [-0.2, 0) is 4.79 Å². The Morgan fingerprint density at radius 3 is 2.37 bits per heavy atom. The van der Waals surface area contributed by atoms with Gasteiger partial charge in [-0.2, -0.15) is 0 Å². The maximum absolute atomic E-state index is 13.1. The summed E-state index contributed by atoms with van der Waals surface area (Å²) in [5.41, 5.74) is -0.677. The predicted octanol–water partition coefficient (Wildman–Crippen LogP) is 3.99. The van der Waals surface area contributed by atoms with E-state index in [4.69, 9.17) is 4.74 Å². The van der Waals surface area contributed by atoms with Crippen molar-refractivity contribution >= 4 is 11.7 Å². The van der Waals surface area contributed by atoms with Gasteiger partial charge in [0.05, 0.1) is 6.20 Å². The van der Waals surface area contributed by atoms with Crippen LogP contribution in [0.3, 0.4) is 0 Å². The summed E-state index contributed by atoms with van der Waals surface area (Å²) >= 11 is 0. The molecule has 3 aliphatic carbocycles. The highest BCUT2D eigenvalue weighted by atomic mass is 19.4. The van der Waals surface area contributed by atoms with Gasteiger partial charge < -0.3 is 24.3 Å². The fourth-order valence-electron chi connectivity index (χ4n) is 4.99. The number of hydrogen-bond donors (Lipinski definition) is 1. The molecule has 2 bridgehead atoms. The minimum Gasteiger partial charge on any atom is -0.484 e. The molecule has 1 aromatic carbocycles. The Kier molecular flexibility index (Phi) is 5.08. The lowest BCUT2D eigenvalue weighted by Gasteiger charge is -2.70. The molecular weight excluding hydrogens is 483 g/mol. The maximum Gasteiger partial charge on any atom is 0.586 e. The van der Waals surface area contributed by atoms with Gasteiger partial charge in [-0.25, -0.2) is 4.98 Å². The second kappa shape index (κ2) is 7.68. The van der Waals surface area contributed by atoms with Crippen molar-refractivity contribution in [1.82, 2.24) is 10.3 Å². The van der Waals surface area contributed by atoms with E-state index in [2.05, 4.69) is 24.5 Å². The van der Waals surface area contributed by atoms with Crippen LogP contribution in [0.5, 0.6) is 23.0 Å². The molecule has 1 amide bonds. The number of halogens is 5. The number of carbonyl (C=O) groups excluding carboxylic acids is 2. The van der Waals surface area contributed by atoms with Gasteiger partial charge in [0.15, 0.2) is 23.9 Å². The highest BCUT2D eigenvalue weighted by Gasteiger charge is 2.68. The summed E-state index contributed by atoms with van der Waals surface area (Å²) in [4.78, 5) is 28.5. The number of Topliss-reactive ketones (excluding diaryl/α,β-unsaturated/α-hetero) is 1. The number of amides is 1. The number of benzene rings is 1. The van der Waals surface area contributed by atoms with Gasteiger partial charge in [0.25, 0.3) is 5.91 Å². The molecule has 35 heavy (non-hydrogen) atoms. The lowest BCUT2D eigenvalue weighted by atomic mass is 9.38. The number of fused-ring (bicyclic) bond motifs is 1. The molecule has 0 spiro atoms. The van der Waals surface area contributed by atoms with Crippen LogP contribution in [0.4, 0.5) is 22.0 Å². The Bertz CT molecular complexity index is 1160.